The zero-order chi connectivity index (χ0) is 26.1. The summed E-state index contributed by atoms with van der Waals surface area (Å²) < 4.78 is 15.9. The monoisotopic (exact) mass is 510 g/mol. The molecule has 0 saturated carbocycles. The van der Waals surface area contributed by atoms with Crippen molar-refractivity contribution < 1.29 is 23.6 Å². The molecule has 1 aliphatic carbocycles. The van der Waals surface area contributed by atoms with Gasteiger partial charge in [0.25, 0.3) is 0 Å². The van der Waals surface area contributed by atoms with Crippen molar-refractivity contribution in [3.05, 3.63) is 70.2 Å². The third kappa shape index (κ3) is 6.86. The average Bonchev–Trinajstić information content (AvgIpc) is 3.42. The SMILES string of the molecule is C=C/C=C(/CCC(=O)Nc1sc2c(c1C#N)CCC(OC(=O)NCc1conc1C)C2)C(=C)OCC. The molecule has 0 aliphatic heterocycles. The van der Waals surface area contributed by atoms with Crippen LogP contribution < -0.4 is 10.6 Å². The minimum atomic E-state index is -0.522. The Labute approximate surface area is 214 Å². The number of ether oxygens (including phenoxy) is 2. The number of thiophene rings is 1. The Morgan fingerprint density at radius 2 is 2.22 bits per heavy atom. The van der Waals surface area contributed by atoms with Gasteiger partial charge in [0.15, 0.2) is 0 Å². The summed E-state index contributed by atoms with van der Waals surface area (Å²) in [7, 11) is 0. The average molecular weight is 511 g/mol. The van der Waals surface area contributed by atoms with Crippen molar-refractivity contribution in [3.8, 4) is 6.07 Å². The molecule has 1 unspecified atom stereocenters. The Hall–Kier alpha value is -3.84. The van der Waals surface area contributed by atoms with Gasteiger partial charge in [-0.05, 0) is 44.2 Å². The van der Waals surface area contributed by atoms with E-state index < -0.39 is 6.09 Å². The first-order chi connectivity index (χ1) is 17.4. The molecule has 9 nitrogen and oxygen atoms in total. The van der Waals surface area contributed by atoms with E-state index >= 15 is 0 Å². The van der Waals surface area contributed by atoms with Gasteiger partial charge in [-0.1, -0.05) is 30.5 Å². The molecular weight excluding hydrogens is 480 g/mol. The number of aryl methyl sites for hydroxylation is 1. The standard InChI is InChI=1S/C26H30N4O5S/c1-5-7-18(17(4)33-6-2)8-11-24(31)29-25-22(13-27)21-10-9-20(12-23(21)36-25)35-26(32)28-14-19-15-34-30-16(19)3/h5,7,15,20H,1,4,6,8-12,14H2,2-3H3,(H,28,32)(H,29,31)/b18-7-. The van der Waals surface area contributed by atoms with Gasteiger partial charge in [0.05, 0.1) is 24.4 Å². The lowest BCUT2D eigenvalue weighted by atomic mass is 9.94. The van der Waals surface area contributed by atoms with Crippen LogP contribution in [0.4, 0.5) is 9.80 Å². The number of hydrogen-bond acceptors (Lipinski definition) is 8. The lowest BCUT2D eigenvalue weighted by Gasteiger charge is -2.22. The number of alkyl carbamates (subject to hydrolysis) is 1. The fourth-order valence-corrected chi connectivity index (χ4v) is 5.15. The number of nitrogens with zero attached hydrogens (tertiary/aromatic N) is 2. The third-order valence-electron chi connectivity index (χ3n) is 5.75. The van der Waals surface area contributed by atoms with Gasteiger partial charge in [0.2, 0.25) is 5.91 Å². The fraction of sp³-hybridized carbons (Fsp3) is 0.385. The van der Waals surface area contributed by atoms with Gasteiger partial charge < -0.3 is 24.6 Å². The number of carbonyl (C=O) groups is 2. The molecule has 0 bridgehead atoms. The maximum Gasteiger partial charge on any atom is 0.407 e. The normalized spacial score (nSPS) is 14.8. The summed E-state index contributed by atoms with van der Waals surface area (Å²) >= 11 is 1.36. The zero-order valence-corrected chi connectivity index (χ0v) is 21.3. The highest BCUT2D eigenvalue weighted by Crippen LogP contribution is 2.38. The van der Waals surface area contributed by atoms with Gasteiger partial charge in [0.1, 0.15) is 29.2 Å². The molecule has 3 rings (SSSR count). The molecule has 2 aromatic rings. The second-order valence-corrected chi connectivity index (χ2v) is 9.31. The smallest absolute Gasteiger partial charge is 0.407 e. The highest BCUT2D eigenvalue weighted by Gasteiger charge is 2.28. The minimum absolute atomic E-state index is 0.205. The predicted octanol–water partition coefficient (Wildman–Crippen LogP) is 5.08. The summed E-state index contributed by atoms with van der Waals surface area (Å²) in [6.45, 7) is 12.0. The first-order valence-corrected chi connectivity index (χ1v) is 12.5. The highest BCUT2D eigenvalue weighted by atomic mass is 32.1. The molecular formula is C26H30N4O5S. The Morgan fingerprint density at radius 3 is 2.89 bits per heavy atom. The van der Waals surface area contributed by atoms with Gasteiger partial charge in [-0.15, -0.1) is 11.3 Å². The molecule has 1 atom stereocenters. The van der Waals surface area contributed by atoms with Gasteiger partial charge >= 0.3 is 6.09 Å². The van der Waals surface area contributed by atoms with Crippen molar-refractivity contribution in [2.45, 2.75) is 58.6 Å². The summed E-state index contributed by atoms with van der Waals surface area (Å²) in [5.41, 5.74) is 3.68. The molecule has 0 radical (unpaired) electrons. The maximum absolute atomic E-state index is 12.7. The summed E-state index contributed by atoms with van der Waals surface area (Å²) in [6.07, 6.45) is 6.38. The van der Waals surface area contributed by atoms with E-state index in [-0.39, 0.29) is 25.0 Å². The number of hydrogen-bond donors (Lipinski definition) is 2. The minimum Gasteiger partial charge on any atom is -0.494 e. The summed E-state index contributed by atoms with van der Waals surface area (Å²) in [5, 5.41) is 19.6. The number of allylic oxidation sites excluding steroid dienone is 3. The second-order valence-electron chi connectivity index (χ2n) is 8.20. The molecule has 2 amide bonds. The number of aromatic nitrogens is 1. The van der Waals surface area contributed by atoms with Crippen LogP contribution in [0.15, 0.2) is 47.4 Å². The van der Waals surface area contributed by atoms with Crippen LogP contribution in [0.2, 0.25) is 0 Å². The lowest BCUT2D eigenvalue weighted by Crippen LogP contribution is -2.31. The van der Waals surface area contributed by atoms with Crippen LogP contribution in [0.5, 0.6) is 0 Å². The molecule has 10 heteroatoms. The zero-order valence-electron chi connectivity index (χ0n) is 20.5. The third-order valence-corrected chi connectivity index (χ3v) is 6.92. The van der Waals surface area contributed by atoms with E-state index in [9.17, 15) is 14.9 Å². The second kappa shape index (κ2) is 12.7. The van der Waals surface area contributed by atoms with Crippen LogP contribution in [0.25, 0.3) is 0 Å². The Balaban J connectivity index is 1.57. The largest absolute Gasteiger partial charge is 0.494 e. The number of rotatable bonds is 11. The first kappa shape index (κ1) is 26.8. The number of fused-ring (bicyclic) bond motifs is 1. The van der Waals surface area contributed by atoms with E-state index in [2.05, 4.69) is 35.0 Å². The number of nitrogens with one attached hydrogen (secondary N) is 2. The lowest BCUT2D eigenvalue weighted by molar-refractivity contribution is -0.116. The molecule has 0 spiro atoms. The molecule has 0 saturated heterocycles. The van der Waals surface area contributed by atoms with Gasteiger partial charge in [-0.25, -0.2) is 4.79 Å². The highest BCUT2D eigenvalue weighted by molar-refractivity contribution is 7.16. The van der Waals surface area contributed by atoms with E-state index in [0.29, 0.717) is 54.3 Å². The Morgan fingerprint density at radius 1 is 1.42 bits per heavy atom. The van der Waals surface area contributed by atoms with E-state index in [1.165, 1.54) is 17.6 Å². The Bertz CT molecular complexity index is 1200. The number of carbonyl (C=O) groups excluding carboxylic acids is 2. The van der Waals surface area contributed by atoms with Crippen LogP contribution >= 0.6 is 11.3 Å². The van der Waals surface area contributed by atoms with Crippen molar-refractivity contribution in [2.75, 3.05) is 11.9 Å². The predicted molar refractivity (Wildman–Crippen MR) is 136 cm³/mol. The summed E-state index contributed by atoms with van der Waals surface area (Å²) in [4.78, 5) is 25.9. The van der Waals surface area contributed by atoms with Gasteiger partial charge in [-0.2, -0.15) is 5.26 Å². The van der Waals surface area contributed by atoms with Crippen LogP contribution in [-0.4, -0.2) is 29.9 Å². The molecule has 36 heavy (non-hydrogen) atoms. The number of nitriles is 1. The number of anilines is 1. The van der Waals surface area contributed by atoms with Gasteiger partial charge in [0, 0.05) is 23.3 Å². The van der Waals surface area contributed by atoms with Crippen molar-refractivity contribution >= 4 is 28.3 Å². The van der Waals surface area contributed by atoms with Crippen LogP contribution in [0, 0.1) is 18.3 Å². The molecule has 190 valence electrons. The molecule has 2 heterocycles. The molecule has 1 aliphatic rings. The molecule has 2 aromatic heterocycles. The topological polar surface area (TPSA) is 126 Å². The van der Waals surface area contributed by atoms with Crippen molar-refractivity contribution in [1.29, 1.82) is 5.26 Å². The van der Waals surface area contributed by atoms with E-state index in [1.807, 2.05) is 6.92 Å². The van der Waals surface area contributed by atoms with E-state index in [0.717, 1.165) is 21.6 Å². The van der Waals surface area contributed by atoms with Crippen LogP contribution in [0.1, 0.15) is 53.4 Å². The summed E-state index contributed by atoms with van der Waals surface area (Å²) in [6, 6.07) is 2.23. The summed E-state index contributed by atoms with van der Waals surface area (Å²) in [5.74, 6) is 0.307. The first-order valence-electron chi connectivity index (χ1n) is 11.7. The van der Waals surface area contributed by atoms with Crippen LogP contribution in [0.3, 0.4) is 0 Å². The van der Waals surface area contributed by atoms with Crippen molar-refractivity contribution in [3.63, 3.8) is 0 Å². The quantitative estimate of drug-likeness (QED) is 0.319. The van der Waals surface area contributed by atoms with E-state index in [4.69, 9.17) is 14.0 Å². The number of amides is 2. The van der Waals surface area contributed by atoms with Crippen molar-refractivity contribution in [2.24, 2.45) is 0 Å². The molecule has 0 aromatic carbocycles. The molecule has 0 fully saturated rings. The van der Waals surface area contributed by atoms with Gasteiger partial charge in [-0.3, -0.25) is 4.79 Å². The van der Waals surface area contributed by atoms with E-state index in [1.54, 1.807) is 19.1 Å². The van der Waals surface area contributed by atoms with Crippen molar-refractivity contribution in [1.82, 2.24) is 10.5 Å². The molecule has 2 N–H and O–H groups in total. The Kier molecular flexibility index (Phi) is 9.47. The fourth-order valence-electron chi connectivity index (χ4n) is 3.87. The maximum atomic E-state index is 12.7. The van der Waals surface area contributed by atoms with Crippen LogP contribution in [-0.2, 0) is 33.7 Å².